The van der Waals surface area contributed by atoms with Crippen molar-refractivity contribution in [2.75, 3.05) is 7.11 Å². The maximum Gasteiger partial charge on any atom is 0.375 e. The molecular weight excluding hydrogens is 279 g/mol. The fraction of sp³-hybridized carbons (Fsp3) is 0.0833. The van der Waals surface area contributed by atoms with Crippen molar-refractivity contribution in [2.24, 2.45) is 0 Å². The molecule has 9 heteroatoms. The van der Waals surface area contributed by atoms with E-state index in [1.54, 1.807) is 18.3 Å². The number of carbonyl (C=O) groups is 1. The molecule has 0 spiro atoms. The van der Waals surface area contributed by atoms with Gasteiger partial charge in [0.1, 0.15) is 11.5 Å². The van der Waals surface area contributed by atoms with Crippen molar-refractivity contribution < 1.29 is 13.9 Å². The second-order valence-electron chi connectivity index (χ2n) is 4.03. The largest absolute Gasteiger partial charge is 0.463 e. The molecule has 0 fully saturated rings. The molecule has 8 nitrogen and oxygen atoms in total. The van der Waals surface area contributed by atoms with Gasteiger partial charge in [-0.1, -0.05) is 5.21 Å². The molecule has 3 rings (SSSR count). The number of H-pyrrole nitrogens is 1. The number of aromatic amines is 1. The van der Waals surface area contributed by atoms with Gasteiger partial charge in [0, 0.05) is 5.56 Å². The first-order chi connectivity index (χ1) is 10.2. The SMILES string of the molecule is COC(=O)c1nc(-n2cc(-c3ccc(F)cc3)nn2)n[nH]1. The van der Waals surface area contributed by atoms with Crippen molar-refractivity contribution in [2.45, 2.75) is 0 Å². The third-order valence-electron chi connectivity index (χ3n) is 2.69. The van der Waals surface area contributed by atoms with Crippen LogP contribution in [0.5, 0.6) is 0 Å². The van der Waals surface area contributed by atoms with Gasteiger partial charge in [-0.25, -0.2) is 9.18 Å². The molecule has 0 atom stereocenters. The zero-order chi connectivity index (χ0) is 14.8. The lowest BCUT2D eigenvalue weighted by Gasteiger charge is -1.94. The maximum absolute atomic E-state index is 12.9. The van der Waals surface area contributed by atoms with Crippen molar-refractivity contribution in [3.8, 4) is 17.2 Å². The lowest BCUT2D eigenvalue weighted by Crippen LogP contribution is -2.04. The molecule has 0 bridgehead atoms. The summed E-state index contributed by atoms with van der Waals surface area (Å²) in [6, 6.07) is 5.83. The summed E-state index contributed by atoms with van der Waals surface area (Å²) < 4.78 is 18.7. The zero-order valence-electron chi connectivity index (χ0n) is 10.8. The first kappa shape index (κ1) is 12.9. The van der Waals surface area contributed by atoms with Crippen LogP contribution in [0.3, 0.4) is 0 Å². The minimum absolute atomic E-state index is 0.0358. The molecule has 0 unspecified atom stereocenters. The van der Waals surface area contributed by atoms with Gasteiger partial charge in [0.15, 0.2) is 0 Å². The fourth-order valence-electron chi connectivity index (χ4n) is 1.66. The second-order valence-corrected chi connectivity index (χ2v) is 4.03. The number of rotatable bonds is 3. The van der Waals surface area contributed by atoms with Gasteiger partial charge in [0.2, 0.25) is 5.82 Å². The molecule has 0 saturated carbocycles. The predicted molar refractivity (Wildman–Crippen MR) is 68.0 cm³/mol. The van der Waals surface area contributed by atoms with Crippen LogP contribution < -0.4 is 0 Å². The summed E-state index contributed by atoms with van der Waals surface area (Å²) in [4.78, 5) is 15.2. The molecular formula is C12H9FN6O2. The Balaban J connectivity index is 1.89. The van der Waals surface area contributed by atoms with Crippen molar-refractivity contribution in [3.63, 3.8) is 0 Å². The third-order valence-corrected chi connectivity index (χ3v) is 2.69. The highest BCUT2D eigenvalue weighted by Crippen LogP contribution is 2.17. The molecule has 0 radical (unpaired) electrons. The summed E-state index contributed by atoms with van der Waals surface area (Å²) >= 11 is 0. The molecule has 0 aliphatic heterocycles. The summed E-state index contributed by atoms with van der Waals surface area (Å²) in [6.45, 7) is 0. The number of ether oxygens (including phenoxy) is 1. The normalized spacial score (nSPS) is 10.6. The molecule has 1 aromatic carbocycles. The monoisotopic (exact) mass is 288 g/mol. The van der Waals surface area contributed by atoms with E-state index < -0.39 is 5.97 Å². The van der Waals surface area contributed by atoms with Gasteiger partial charge in [0.25, 0.3) is 5.95 Å². The van der Waals surface area contributed by atoms with Crippen molar-refractivity contribution in [1.29, 1.82) is 0 Å². The van der Waals surface area contributed by atoms with Crippen LogP contribution in [0.25, 0.3) is 17.2 Å². The molecule has 1 N–H and O–H groups in total. The van der Waals surface area contributed by atoms with Crippen LogP contribution in [0, 0.1) is 5.82 Å². The minimum Gasteiger partial charge on any atom is -0.463 e. The standard InChI is InChI=1S/C12H9FN6O2/c1-21-11(20)10-14-12(17-16-10)19-6-9(15-18-19)7-2-4-8(13)5-3-7/h2-6H,1H3,(H,14,16,17). The second kappa shape index (κ2) is 5.12. The van der Waals surface area contributed by atoms with Gasteiger partial charge >= 0.3 is 5.97 Å². The number of hydrogen-bond acceptors (Lipinski definition) is 6. The fourth-order valence-corrected chi connectivity index (χ4v) is 1.66. The average molecular weight is 288 g/mol. The zero-order valence-corrected chi connectivity index (χ0v) is 10.8. The van der Waals surface area contributed by atoms with Crippen LogP contribution in [0.2, 0.25) is 0 Å². The Morgan fingerprint density at radius 2 is 2.10 bits per heavy atom. The van der Waals surface area contributed by atoms with E-state index in [-0.39, 0.29) is 17.6 Å². The summed E-state index contributed by atoms with van der Waals surface area (Å²) in [5.74, 6) is -0.849. The highest BCUT2D eigenvalue weighted by molar-refractivity contribution is 5.85. The lowest BCUT2D eigenvalue weighted by molar-refractivity contribution is 0.0587. The smallest absolute Gasteiger partial charge is 0.375 e. The summed E-state index contributed by atoms with van der Waals surface area (Å²) in [5, 5.41) is 14.1. The van der Waals surface area contributed by atoms with Gasteiger partial charge < -0.3 is 4.74 Å². The van der Waals surface area contributed by atoms with Crippen LogP contribution in [-0.4, -0.2) is 43.3 Å². The van der Waals surface area contributed by atoms with Crippen molar-refractivity contribution >= 4 is 5.97 Å². The van der Waals surface area contributed by atoms with Crippen molar-refractivity contribution in [1.82, 2.24) is 30.2 Å². The van der Waals surface area contributed by atoms with Crippen LogP contribution in [-0.2, 0) is 4.74 Å². The highest BCUT2D eigenvalue weighted by Gasteiger charge is 2.14. The number of aromatic nitrogens is 6. The Hall–Kier alpha value is -3.10. The van der Waals surface area contributed by atoms with Gasteiger partial charge in [-0.3, -0.25) is 5.10 Å². The number of esters is 1. The Labute approximate surface area is 117 Å². The topological polar surface area (TPSA) is 98.6 Å². The maximum atomic E-state index is 12.9. The van der Waals surface area contributed by atoms with E-state index in [4.69, 9.17) is 0 Å². The van der Waals surface area contributed by atoms with E-state index >= 15 is 0 Å². The first-order valence-electron chi connectivity index (χ1n) is 5.87. The van der Waals surface area contributed by atoms with E-state index in [0.717, 1.165) is 0 Å². The lowest BCUT2D eigenvalue weighted by atomic mass is 10.2. The molecule has 0 amide bonds. The molecule has 106 valence electrons. The Bertz CT molecular complexity index is 779. The van der Waals surface area contributed by atoms with E-state index in [1.807, 2.05) is 0 Å². The van der Waals surface area contributed by atoms with Crippen LogP contribution in [0.15, 0.2) is 30.5 Å². The molecule has 0 saturated heterocycles. The van der Waals surface area contributed by atoms with Gasteiger partial charge in [-0.05, 0) is 24.3 Å². The van der Waals surface area contributed by atoms with Crippen LogP contribution in [0.1, 0.15) is 10.6 Å². The van der Waals surface area contributed by atoms with Gasteiger partial charge in [-0.2, -0.15) is 9.67 Å². The molecule has 0 aliphatic carbocycles. The average Bonchev–Trinajstić information content (AvgIpc) is 3.16. The number of hydrogen-bond donors (Lipinski definition) is 1. The van der Waals surface area contributed by atoms with Gasteiger partial charge in [-0.15, -0.1) is 10.2 Å². The van der Waals surface area contributed by atoms with E-state index in [2.05, 4.69) is 30.2 Å². The number of halogens is 1. The third kappa shape index (κ3) is 2.48. The van der Waals surface area contributed by atoms with E-state index in [0.29, 0.717) is 11.3 Å². The first-order valence-corrected chi connectivity index (χ1v) is 5.87. The number of carbonyl (C=O) groups excluding carboxylic acids is 1. The van der Waals surface area contributed by atoms with Crippen molar-refractivity contribution in [3.05, 3.63) is 42.1 Å². The number of benzene rings is 1. The minimum atomic E-state index is -0.632. The number of methoxy groups -OCH3 is 1. The summed E-state index contributed by atoms with van der Waals surface area (Å²) in [5.41, 5.74) is 1.23. The molecule has 2 aromatic heterocycles. The molecule has 2 heterocycles. The highest BCUT2D eigenvalue weighted by atomic mass is 19.1. The summed E-state index contributed by atoms with van der Waals surface area (Å²) in [7, 11) is 1.24. The molecule has 3 aromatic rings. The van der Waals surface area contributed by atoms with Gasteiger partial charge in [0.05, 0.1) is 13.3 Å². The van der Waals surface area contributed by atoms with Crippen LogP contribution in [0.4, 0.5) is 4.39 Å². The molecule has 21 heavy (non-hydrogen) atoms. The quantitative estimate of drug-likeness (QED) is 0.721. The Morgan fingerprint density at radius 1 is 1.33 bits per heavy atom. The predicted octanol–water partition coefficient (Wildman–Crippen LogP) is 0.978. The van der Waals surface area contributed by atoms with Crippen LogP contribution >= 0.6 is 0 Å². The number of nitrogens with one attached hydrogen (secondary N) is 1. The van der Waals surface area contributed by atoms with E-state index in [9.17, 15) is 9.18 Å². The van der Waals surface area contributed by atoms with E-state index in [1.165, 1.54) is 23.9 Å². The molecule has 0 aliphatic rings. The number of nitrogens with zero attached hydrogens (tertiary/aromatic N) is 5. The Morgan fingerprint density at radius 3 is 2.81 bits per heavy atom. The Kier molecular flexibility index (Phi) is 3.14. The summed E-state index contributed by atoms with van der Waals surface area (Å²) in [6.07, 6.45) is 1.57.